The number of aromatic amines is 1. The van der Waals surface area contributed by atoms with Crippen LogP contribution in [0.1, 0.15) is 43.1 Å². The second kappa shape index (κ2) is 9.50. The van der Waals surface area contributed by atoms with Gasteiger partial charge in [0.1, 0.15) is 17.2 Å². The molecule has 0 radical (unpaired) electrons. The highest BCUT2D eigenvalue weighted by Crippen LogP contribution is 2.44. The molecule has 1 amide bonds. The number of benzene rings is 1. The van der Waals surface area contributed by atoms with Gasteiger partial charge in [0.05, 0.1) is 29.0 Å². The number of carbonyl (C=O) groups is 1. The molecule has 1 N–H and O–H groups in total. The van der Waals surface area contributed by atoms with E-state index in [1.807, 2.05) is 13.0 Å². The van der Waals surface area contributed by atoms with E-state index in [4.69, 9.17) is 4.74 Å². The number of fused-ring (bicyclic) bond motifs is 1. The number of H-pyrrole nitrogens is 1. The first-order chi connectivity index (χ1) is 15.2. The van der Waals surface area contributed by atoms with Crippen LogP contribution in [0.3, 0.4) is 0 Å². The number of pyridine rings is 1. The lowest BCUT2D eigenvalue weighted by molar-refractivity contribution is -0.274. The van der Waals surface area contributed by atoms with Crippen molar-refractivity contribution < 1.29 is 27.4 Å². The zero-order valence-electron chi connectivity index (χ0n) is 18.1. The van der Waals surface area contributed by atoms with Crippen LogP contribution in [-0.2, 0) is 4.74 Å². The molecule has 0 unspecified atom stereocenters. The number of alkyl halides is 3. The van der Waals surface area contributed by atoms with Crippen molar-refractivity contribution in [2.24, 2.45) is 0 Å². The Morgan fingerprint density at radius 1 is 1.21 bits per heavy atom. The lowest BCUT2D eigenvalue weighted by Gasteiger charge is -2.34. The molecular weight excluding hydrogens is 496 g/mol. The lowest BCUT2D eigenvalue weighted by atomic mass is 9.78. The second-order valence-electron chi connectivity index (χ2n) is 8.37. The number of nitrogens with one attached hydrogen (secondary N) is 1. The highest BCUT2D eigenvalue weighted by Gasteiger charge is 2.48. The number of amides is 1. The van der Waals surface area contributed by atoms with Gasteiger partial charge in [-0.2, -0.15) is 0 Å². The Morgan fingerprint density at radius 3 is 2.62 bits per heavy atom. The summed E-state index contributed by atoms with van der Waals surface area (Å²) in [4.78, 5) is 26.2. The van der Waals surface area contributed by atoms with E-state index in [0.717, 1.165) is 30.0 Å². The van der Waals surface area contributed by atoms with Gasteiger partial charge in [-0.25, -0.2) is 9.78 Å². The van der Waals surface area contributed by atoms with Gasteiger partial charge < -0.3 is 14.5 Å². The predicted octanol–water partition coefficient (Wildman–Crippen LogP) is 6.06. The number of hydrogen-bond donors (Lipinski definition) is 1. The Kier molecular flexibility index (Phi) is 7.23. The largest absolute Gasteiger partial charge is 0.573 e. The smallest absolute Gasteiger partial charge is 0.441 e. The molecule has 1 aliphatic heterocycles. The first-order valence-corrected chi connectivity index (χ1v) is 10.4. The molecular formula is C22H23Cl2F3N4O3. The fourth-order valence-electron chi connectivity index (χ4n) is 4.65. The number of carbonyl (C=O) groups excluding carboxylic acids is 1. The molecule has 34 heavy (non-hydrogen) atoms. The van der Waals surface area contributed by atoms with Gasteiger partial charge in [-0.05, 0) is 56.9 Å². The summed E-state index contributed by atoms with van der Waals surface area (Å²) >= 11 is 0. The molecule has 0 atom stereocenters. The molecule has 2 aromatic heterocycles. The van der Waals surface area contributed by atoms with Crippen molar-refractivity contribution in [2.75, 3.05) is 11.4 Å². The van der Waals surface area contributed by atoms with E-state index in [1.54, 1.807) is 17.2 Å². The summed E-state index contributed by atoms with van der Waals surface area (Å²) in [7, 11) is 0. The van der Waals surface area contributed by atoms with Crippen molar-refractivity contribution in [1.82, 2.24) is 15.0 Å². The molecule has 12 heteroatoms. The SMILES string of the molecule is Cc1ncccc1N1CC2(CCC(c3nc4ccc(OC(F)(F)F)cc4[nH]3)CC2)OC1=O.Cl.Cl. The van der Waals surface area contributed by atoms with E-state index in [-0.39, 0.29) is 42.6 Å². The summed E-state index contributed by atoms with van der Waals surface area (Å²) in [6, 6.07) is 7.72. The van der Waals surface area contributed by atoms with Gasteiger partial charge in [0.2, 0.25) is 0 Å². The average molecular weight is 519 g/mol. The second-order valence-corrected chi connectivity index (χ2v) is 8.37. The van der Waals surface area contributed by atoms with Crippen molar-refractivity contribution in [2.45, 2.75) is 50.5 Å². The Morgan fingerprint density at radius 2 is 1.94 bits per heavy atom. The third-order valence-corrected chi connectivity index (χ3v) is 6.23. The van der Waals surface area contributed by atoms with Crippen LogP contribution in [0.25, 0.3) is 11.0 Å². The molecule has 3 heterocycles. The number of halogens is 5. The fourth-order valence-corrected chi connectivity index (χ4v) is 4.65. The molecule has 2 aliphatic rings. The Hall–Kier alpha value is -2.72. The molecule has 3 aromatic rings. The van der Waals surface area contributed by atoms with Crippen LogP contribution in [0.2, 0.25) is 0 Å². The Balaban J connectivity index is 0.00000162. The minimum atomic E-state index is -4.74. The highest BCUT2D eigenvalue weighted by atomic mass is 35.5. The van der Waals surface area contributed by atoms with E-state index >= 15 is 0 Å². The monoisotopic (exact) mass is 518 g/mol. The minimum absolute atomic E-state index is 0. The van der Waals surface area contributed by atoms with Gasteiger partial charge in [-0.15, -0.1) is 38.0 Å². The minimum Gasteiger partial charge on any atom is -0.441 e. The zero-order valence-corrected chi connectivity index (χ0v) is 19.7. The van der Waals surface area contributed by atoms with Crippen LogP contribution in [0.4, 0.5) is 23.7 Å². The quantitative estimate of drug-likeness (QED) is 0.455. The van der Waals surface area contributed by atoms with Gasteiger partial charge in [0.15, 0.2) is 0 Å². The molecule has 1 saturated heterocycles. The van der Waals surface area contributed by atoms with E-state index in [1.165, 1.54) is 18.2 Å². The normalized spacial score (nSPS) is 22.3. The summed E-state index contributed by atoms with van der Waals surface area (Å²) in [6.45, 7) is 2.33. The number of aromatic nitrogens is 3. The molecule has 1 saturated carbocycles. The average Bonchev–Trinajstić information content (AvgIpc) is 3.28. The molecule has 2 fully saturated rings. The van der Waals surface area contributed by atoms with Crippen LogP contribution in [-0.4, -0.2) is 39.6 Å². The predicted molar refractivity (Wildman–Crippen MR) is 124 cm³/mol. The highest BCUT2D eigenvalue weighted by molar-refractivity contribution is 5.91. The summed E-state index contributed by atoms with van der Waals surface area (Å²) in [6.07, 6.45) is -0.558. The first-order valence-electron chi connectivity index (χ1n) is 10.4. The third kappa shape index (κ3) is 5.02. The summed E-state index contributed by atoms with van der Waals surface area (Å²) in [5, 5.41) is 0. The van der Waals surface area contributed by atoms with Gasteiger partial charge >= 0.3 is 12.5 Å². The van der Waals surface area contributed by atoms with Crippen molar-refractivity contribution in [3.05, 3.63) is 48.0 Å². The summed E-state index contributed by atoms with van der Waals surface area (Å²) in [5.41, 5.74) is 2.06. The maximum absolute atomic E-state index is 12.6. The van der Waals surface area contributed by atoms with Crippen molar-refractivity contribution in [1.29, 1.82) is 0 Å². The van der Waals surface area contributed by atoms with Crippen LogP contribution in [0.5, 0.6) is 5.75 Å². The van der Waals surface area contributed by atoms with Gasteiger partial charge in [-0.1, -0.05) is 0 Å². The molecule has 5 rings (SSSR count). The van der Waals surface area contributed by atoms with Gasteiger partial charge in [-0.3, -0.25) is 9.88 Å². The van der Waals surface area contributed by atoms with E-state index in [0.29, 0.717) is 30.4 Å². The third-order valence-electron chi connectivity index (χ3n) is 6.23. The number of rotatable bonds is 3. The van der Waals surface area contributed by atoms with E-state index in [2.05, 4.69) is 19.7 Å². The van der Waals surface area contributed by atoms with E-state index < -0.39 is 12.0 Å². The maximum Gasteiger partial charge on any atom is 0.573 e. The van der Waals surface area contributed by atoms with Gasteiger partial charge in [0, 0.05) is 18.2 Å². The van der Waals surface area contributed by atoms with Crippen molar-refractivity contribution >= 4 is 47.6 Å². The number of hydrogen-bond acceptors (Lipinski definition) is 5. The number of ether oxygens (including phenoxy) is 2. The molecule has 0 bridgehead atoms. The zero-order chi connectivity index (χ0) is 22.5. The molecule has 1 aromatic carbocycles. The topological polar surface area (TPSA) is 80.3 Å². The standard InChI is InChI=1S/C22H21F3N4O3.2ClH/c1-13-18(3-2-10-26-13)29-12-21(32-20(29)30)8-6-14(7-9-21)19-27-16-5-4-15(11-17(16)28-19)31-22(23,24)25;;/h2-5,10-11,14H,6-9,12H2,1H3,(H,27,28);2*1H. The van der Waals surface area contributed by atoms with Crippen molar-refractivity contribution in [3.63, 3.8) is 0 Å². The number of aryl methyl sites for hydroxylation is 1. The van der Waals surface area contributed by atoms with Crippen LogP contribution in [0.15, 0.2) is 36.5 Å². The van der Waals surface area contributed by atoms with Gasteiger partial charge in [0.25, 0.3) is 0 Å². The summed E-state index contributed by atoms with van der Waals surface area (Å²) < 4.78 is 47.2. The Labute approximate surface area is 205 Å². The molecule has 1 spiro atoms. The van der Waals surface area contributed by atoms with Crippen LogP contribution >= 0.6 is 24.8 Å². The molecule has 1 aliphatic carbocycles. The number of anilines is 1. The van der Waals surface area contributed by atoms with Crippen LogP contribution < -0.4 is 9.64 Å². The van der Waals surface area contributed by atoms with Crippen molar-refractivity contribution in [3.8, 4) is 5.75 Å². The lowest BCUT2D eigenvalue weighted by Crippen LogP contribution is -2.38. The first kappa shape index (κ1) is 25.9. The molecule has 184 valence electrons. The van der Waals surface area contributed by atoms with Crippen LogP contribution in [0, 0.1) is 6.92 Å². The van der Waals surface area contributed by atoms with E-state index in [9.17, 15) is 18.0 Å². The maximum atomic E-state index is 12.6. The molecule has 7 nitrogen and oxygen atoms in total. The summed E-state index contributed by atoms with van der Waals surface area (Å²) in [5.74, 6) is 0.544. The number of nitrogens with zero attached hydrogens (tertiary/aromatic N) is 3. The Bertz CT molecular complexity index is 1180. The number of imidazole rings is 1. The fraction of sp³-hybridized carbons (Fsp3) is 0.409.